The number of hydrogen-bond donors (Lipinski definition) is 1. The summed E-state index contributed by atoms with van der Waals surface area (Å²) in [5.74, 6) is 1.52. The van der Waals surface area contributed by atoms with Gasteiger partial charge >= 0.3 is 0 Å². The van der Waals surface area contributed by atoms with E-state index in [1.807, 2.05) is 24.3 Å². The minimum absolute atomic E-state index is 0.757. The van der Waals surface area contributed by atoms with Crippen molar-refractivity contribution >= 4 is 11.4 Å². The zero-order chi connectivity index (χ0) is 14.8. The van der Waals surface area contributed by atoms with Crippen molar-refractivity contribution in [1.29, 1.82) is 0 Å². The highest BCUT2D eigenvalue weighted by molar-refractivity contribution is 5.68. The van der Waals surface area contributed by atoms with Gasteiger partial charge in [0.25, 0.3) is 0 Å². The molecule has 0 unspecified atom stereocenters. The molecule has 4 nitrogen and oxygen atoms in total. The summed E-state index contributed by atoms with van der Waals surface area (Å²) in [5, 5.41) is 0. The number of ether oxygens (including phenoxy) is 2. The van der Waals surface area contributed by atoms with Gasteiger partial charge in [-0.2, -0.15) is 0 Å². The number of fused-ring (bicyclic) bond motifs is 1. The molecule has 2 aromatic rings. The number of nitrogen functional groups attached to an aromatic ring is 1. The van der Waals surface area contributed by atoms with Crippen molar-refractivity contribution in [1.82, 2.24) is 0 Å². The molecule has 0 aliphatic carbocycles. The summed E-state index contributed by atoms with van der Waals surface area (Å²) in [5.41, 5.74) is 10.6. The van der Waals surface area contributed by atoms with Crippen molar-refractivity contribution in [2.75, 3.05) is 31.4 Å². The molecule has 2 aromatic carbocycles. The van der Waals surface area contributed by atoms with Crippen LogP contribution in [-0.2, 0) is 13.0 Å². The Morgan fingerprint density at radius 2 is 1.90 bits per heavy atom. The van der Waals surface area contributed by atoms with Crippen LogP contribution < -0.4 is 20.1 Å². The largest absolute Gasteiger partial charge is 0.493 e. The lowest BCUT2D eigenvalue weighted by Crippen LogP contribution is -2.19. The summed E-state index contributed by atoms with van der Waals surface area (Å²) in [6.45, 7) is 1.84. The van der Waals surface area contributed by atoms with Crippen LogP contribution in [0.5, 0.6) is 11.5 Å². The molecule has 1 heterocycles. The molecule has 0 amide bonds. The molecule has 3 rings (SSSR count). The standard InChI is InChI=1S/C17H20N2O2/c1-20-16-7-6-12(10-17(16)21-2)11-19-9-8-13-14(18)4-3-5-15(13)19/h3-7,10H,8-9,11,18H2,1-2H3. The summed E-state index contributed by atoms with van der Waals surface area (Å²) in [6, 6.07) is 12.2. The van der Waals surface area contributed by atoms with Crippen molar-refractivity contribution in [3.63, 3.8) is 0 Å². The van der Waals surface area contributed by atoms with Gasteiger partial charge < -0.3 is 20.1 Å². The quantitative estimate of drug-likeness (QED) is 0.877. The van der Waals surface area contributed by atoms with Crippen LogP contribution in [0.15, 0.2) is 36.4 Å². The summed E-state index contributed by atoms with van der Waals surface area (Å²) < 4.78 is 10.6. The van der Waals surface area contributed by atoms with Crippen molar-refractivity contribution in [2.24, 2.45) is 0 Å². The maximum Gasteiger partial charge on any atom is 0.161 e. The lowest BCUT2D eigenvalue weighted by molar-refractivity contribution is 0.354. The van der Waals surface area contributed by atoms with E-state index in [1.54, 1.807) is 14.2 Å². The highest BCUT2D eigenvalue weighted by Crippen LogP contribution is 2.34. The molecular weight excluding hydrogens is 264 g/mol. The van der Waals surface area contributed by atoms with Gasteiger partial charge in [0.15, 0.2) is 11.5 Å². The SMILES string of the molecule is COc1ccc(CN2CCc3c(N)cccc32)cc1OC. The molecule has 1 aliphatic heterocycles. The van der Waals surface area contributed by atoms with Crippen LogP contribution in [-0.4, -0.2) is 20.8 Å². The first-order chi connectivity index (χ1) is 10.2. The average molecular weight is 284 g/mol. The first kappa shape index (κ1) is 13.6. The summed E-state index contributed by atoms with van der Waals surface area (Å²) in [7, 11) is 3.31. The molecule has 0 bridgehead atoms. The molecule has 0 saturated heterocycles. The first-order valence-electron chi connectivity index (χ1n) is 7.06. The number of methoxy groups -OCH3 is 2. The van der Waals surface area contributed by atoms with Gasteiger partial charge in [-0.3, -0.25) is 0 Å². The number of rotatable bonds is 4. The Bertz CT molecular complexity index is 655. The van der Waals surface area contributed by atoms with E-state index < -0.39 is 0 Å². The Morgan fingerprint density at radius 3 is 2.67 bits per heavy atom. The number of anilines is 2. The molecular formula is C17H20N2O2. The lowest BCUT2D eigenvalue weighted by Gasteiger charge is -2.20. The average Bonchev–Trinajstić information content (AvgIpc) is 2.92. The highest BCUT2D eigenvalue weighted by atomic mass is 16.5. The fourth-order valence-electron chi connectivity index (χ4n) is 2.89. The smallest absolute Gasteiger partial charge is 0.161 e. The van der Waals surface area contributed by atoms with E-state index in [-0.39, 0.29) is 0 Å². The molecule has 1 aliphatic rings. The second kappa shape index (κ2) is 5.56. The lowest BCUT2D eigenvalue weighted by atomic mass is 10.1. The van der Waals surface area contributed by atoms with E-state index in [1.165, 1.54) is 16.8 Å². The predicted molar refractivity (Wildman–Crippen MR) is 85.2 cm³/mol. The maximum atomic E-state index is 6.05. The number of nitrogens with zero attached hydrogens (tertiary/aromatic N) is 1. The van der Waals surface area contributed by atoms with Gasteiger partial charge in [0.1, 0.15) is 0 Å². The normalized spacial score (nSPS) is 13.1. The maximum absolute atomic E-state index is 6.05. The minimum Gasteiger partial charge on any atom is -0.493 e. The van der Waals surface area contributed by atoms with Crippen LogP contribution in [0.25, 0.3) is 0 Å². The van der Waals surface area contributed by atoms with Gasteiger partial charge in [0.05, 0.1) is 14.2 Å². The Balaban J connectivity index is 1.85. The molecule has 0 radical (unpaired) electrons. The van der Waals surface area contributed by atoms with Crippen molar-refractivity contribution in [2.45, 2.75) is 13.0 Å². The summed E-state index contributed by atoms with van der Waals surface area (Å²) >= 11 is 0. The molecule has 0 aromatic heterocycles. The predicted octanol–water partition coefficient (Wildman–Crippen LogP) is 2.85. The van der Waals surface area contributed by atoms with Crippen LogP contribution in [0.2, 0.25) is 0 Å². The molecule has 21 heavy (non-hydrogen) atoms. The van der Waals surface area contributed by atoms with Gasteiger partial charge in [-0.1, -0.05) is 12.1 Å². The summed E-state index contributed by atoms with van der Waals surface area (Å²) in [4.78, 5) is 2.35. The second-order valence-corrected chi connectivity index (χ2v) is 5.21. The fourth-order valence-corrected chi connectivity index (χ4v) is 2.89. The molecule has 4 heteroatoms. The van der Waals surface area contributed by atoms with E-state index in [2.05, 4.69) is 17.0 Å². The van der Waals surface area contributed by atoms with E-state index in [0.29, 0.717) is 0 Å². The number of hydrogen-bond acceptors (Lipinski definition) is 4. The Kier molecular flexibility index (Phi) is 3.60. The first-order valence-corrected chi connectivity index (χ1v) is 7.06. The third-order valence-corrected chi connectivity index (χ3v) is 3.98. The van der Waals surface area contributed by atoms with Crippen LogP contribution in [0.1, 0.15) is 11.1 Å². The van der Waals surface area contributed by atoms with Gasteiger partial charge in [0.2, 0.25) is 0 Å². The monoisotopic (exact) mass is 284 g/mol. The van der Waals surface area contributed by atoms with Crippen LogP contribution >= 0.6 is 0 Å². The van der Waals surface area contributed by atoms with Crippen molar-refractivity contribution < 1.29 is 9.47 Å². The molecule has 0 spiro atoms. The third kappa shape index (κ3) is 2.49. The minimum atomic E-state index is 0.757. The Hall–Kier alpha value is -2.36. The third-order valence-electron chi connectivity index (χ3n) is 3.98. The topological polar surface area (TPSA) is 47.7 Å². The van der Waals surface area contributed by atoms with Crippen molar-refractivity contribution in [3.05, 3.63) is 47.5 Å². The van der Waals surface area contributed by atoms with E-state index in [4.69, 9.17) is 15.2 Å². The van der Waals surface area contributed by atoms with Gasteiger partial charge in [0, 0.05) is 30.0 Å². The van der Waals surface area contributed by atoms with E-state index in [0.717, 1.165) is 36.7 Å². The summed E-state index contributed by atoms with van der Waals surface area (Å²) in [6.07, 6.45) is 1.01. The highest BCUT2D eigenvalue weighted by Gasteiger charge is 2.21. The molecule has 0 saturated carbocycles. The fraction of sp³-hybridized carbons (Fsp3) is 0.294. The van der Waals surface area contributed by atoms with Crippen LogP contribution in [0.4, 0.5) is 11.4 Å². The van der Waals surface area contributed by atoms with Gasteiger partial charge in [-0.25, -0.2) is 0 Å². The van der Waals surface area contributed by atoms with Crippen LogP contribution in [0.3, 0.4) is 0 Å². The molecule has 2 N–H and O–H groups in total. The zero-order valence-electron chi connectivity index (χ0n) is 12.4. The van der Waals surface area contributed by atoms with Gasteiger partial charge in [-0.15, -0.1) is 0 Å². The number of nitrogens with two attached hydrogens (primary N) is 1. The molecule has 110 valence electrons. The number of benzene rings is 2. The molecule has 0 atom stereocenters. The van der Waals surface area contributed by atoms with E-state index >= 15 is 0 Å². The van der Waals surface area contributed by atoms with Gasteiger partial charge in [-0.05, 0) is 36.2 Å². The van der Waals surface area contributed by atoms with Crippen molar-refractivity contribution in [3.8, 4) is 11.5 Å². The Morgan fingerprint density at radius 1 is 1.10 bits per heavy atom. The molecule has 0 fully saturated rings. The van der Waals surface area contributed by atoms with E-state index in [9.17, 15) is 0 Å². The second-order valence-electron chi connectivity index (χ2n) is 5.21. The van der Waals surface area contributed by atoms with Crippen LogP contribution in [0, 0.1) is 0 Å². The zero-order valence-corrected chi connectivity index (χ0v) is 12.4. The Labute approximate surface area is 125 Å².